The minimum atomic E-state index is -3.28. The zero-order valence-corrected chi connectivity index (χ0v) is 18.6. The van der Waals surface area contributed by atoms with E-state index in [0.717, 1.165) is 28.6 Å². The van der Waals surface area contributed by atoms with Gasteiger partial charge in [-0.1, -0.05) is 12.1 Å². The maximum absolute atomic E-state index is 12.8. The number of sulfonamides is 1. The topological polar surface area (TPSA) is 92.3 Å². The first kappa shape index (κ1) is 21.1. The fraction of sp³-hybridized carbons (Fsp3) is 0.160. The third-order valence-electron chi connectivity index (χ3n) is 5.69. The van der Waals surface area contributed by atoms with Gasteiger partial charge in [0.25, 0.3) is 5.91 Å². The molecule has 0 spiro atoms. The Morgan fingerprint density at radius 2 is 1.76 bits per heavy atom. The lowest BCUT2D eigenvalue weighted by Crippen LogP contribution is -2.37. The van der Waals surface area contributed by atoms with Gasteiger partial charge in [0.1, 0.15) is 0 Å². The summed E-state index contributed by atoms with van der Waals surface area (Å²) in [5.41, 5.74) is 4.20. The van der Waals surface area contributed by atoms with Gasteiger partial charge < -0.3 is 5.32 Å². The Balaban J connectivity index is 1.36. The molecule has 0 atom stereocenters. The Kier molecular flexibility index (Phi) is 5.51. The number of hydrogen-bond acceptors (Lipinski definition) is 5. The van der Waals surface area contributed by atoms with Crippen LogP contribution in [0.3, 0.4) is 0 Å². The molecule has 4 aromatic rings. The monoisotopic (exact) mass is 458 g/mol. The predicted octanol–water partition coefficient (Wildman–Crippen LogP) is 4.48. The zero-order chi connectivity index (χ0) is 22.8. The second-order valence-electron chi connectivity index (χ2n) is 7.91. The molecule has 1 amide bonds. The smallest absolute Gasteiger partial charge is 0.255 e. The van der Waals surface area contributed by atoms with Crippen molar-refractivity contribution in [2.45, 2.75) is 12.8 Å². The number of aromatic nitrogens is 2. The summed E-state index contributed by atoms with van der Waals surface area (Å²) >= 11 is 0. The molecule has 1 N–H and O–H groups in total. The molecule has 8 heteroatoms. The highest BCUT2D eigenvalue weighted by atomic mass is 32.2. The van der Waals surface area contributed by atoms with Gasteiger partial charge in [-0.3, -0.25) is 19.1 Å². The first-order valence-corrected chi connectivity index (χ1v) is 12.3. The summed E-state index contributed by atoms with van der Waals surface area (Å²) in [4.78, 5) is 21.7. The summed E-state index contributed by atoms with van der Waals surface area (Å²) in [6.07, 6.45) is 4.98. The van der Waals surface area contributed by atoms with E-state index < -0.39 is 10.0 Å². The van der Waals surface area contributed by atoms with Crippen LogP contribution in [0.5, 0.6) is 0 Å². The molecule has 0 saturated carbocycles. The summed E-state index contributed by atoms with van der Waals surface area (Å²) in [5.74, 6) is -0.111. The van der Waals surface area contributed by atoms with Crippen molar-refractivity contribution in [1.29, 1.82) is 0 Å². The van der Waals surface area contributed by atoms with Gasteiger partial charge in [0.05, 0.1) is 22.7 Å². The van der Waals surface area contributed by atoms with Crippen molar-refractivity contribution in [3.63, 3.8) is 0 Å². The molecule has 1 fully saturated rings. The second-order valence-corrected chi connectivity index (χ2v) is 9.92. The number of benzene rings is 2. The normalized spacial score (nSPS) is 15.3. The molecule has 0 bridgehead atoms. The number of anilines is 2. The summed E-state index contributed by atoms with van der Waals surface area (Å²) in [6.45, 7) is 0.471. The summed E-state index contributed by atoms with van der Waals surface area (Å²) < 4.78 is 26.0. The van der Waals surface area contributed by atoms with E-state index in [0.29, 0.717) is 29.9 Å². The van der Waals surface area contributed by atoms with Crippen molar-refractivity contribution < 1.29 is 13.2 Å². The molecule has 5 rings (SSSR count). The molecule has 1 aliphatic heterocycles. The van der Waals surface area contributed by atoms with Crippen molar-refractivity contribution in [1.82, 2.24) is 9.97 Å². The maximum Gasteiger partial charge on any atom is 0.255 e. The highest BCUT2D eigenvalue weighted by molar-refractivity contribution is 7.92. The summed E-state index contributed by atoms with van der Waals surface area (Å²) in [6, 6.07) is 19.9. The van der Waals surface area contributed by atoms with E-state index >= 15 is 0 Å². The van der Waals surface area contributed by atoms with Crippen molar-refractivity contribution in [3.8, 4) is 11.3 Å². The summed E-state index contributed by atoms with van der Waals surface area (Å²) in [5, 5.41) is 3.85. The average Bonchev–Trinajstić information content (AvgIpc) is 2.84. The van der Waals surface area contributed by atoms with Crippen LogP contribution in [-0.4, -0.2) is 36.6 Å². The van der Waals surface area contributed by atoms with Gasteiger partial charge in [-0.05, 0) is 67.4 Å². The first-order valence-electron chi connectivity index (χ1n) is 10.7. The number of pyridine rings is 2. The average molecular weight is 459 g/mol. The van der Waals surface area contributed by atoms with E-state index in [4.69, 9.17) is 0 Å². The molecular formula is C25H22N4O3S. The Labute approximate surface area is 192 Å². The van der Waals surface area contributed by atoms with Crippen LogP contribution in [0, 0.1) is 0 Å². The molecule has 7 nitrogen and oxygen atoms in total. The summed E-state index contributed by atoms with van der Waals surface area (Å²) in [7, 11) is -3.28. The molecule has 0 unspecified atom stereocenters. The highest BCUT2D eigenvalue weighted by Crippen LogP contribution is 2.28. The predicted molar refractivity (Wildman–Crippen MR) is 130 cm³/mol. The molecule has 1 saturated heterocycles. The highest BCUT2D eigenvalue weighted by Gasteiger charge is 2.26. The number of nitrogens with one attached hydrogen (secondary N) is 1. The van der Waals surface area contributed by atoms with Crippen molar-refractivity contribution >= 4 is 38.2 Å². The third kappa shape index (κ3) is 4.29. The Morgan fingerprint density at radius 1 is 0.909 bits per heavy atom. The number of fused-ring (bicyclic) bond motifs is 1. The molecule has 2 aromatic carbocycles. The fourth-order valence-corrected chi connectivity index (χ4v) is 5.68. The minimum absolute atomic E-state index is 0.160. The number of nitrogens with zero attached hydrogens (tertiary/aromatic N) is 3. The van der Waals surface area contributed by atoms with Crippen LogP contribution >= 0.6 is 0 Å². The second kappa shape index (κ2) is 8.63. The molecule has 3 heterocycles. The van der Waals surface area contributed by atoms with Crippen LogP contribution < -0.4 is 9.62 Å². The lowest BCUT2D eigenvalue weighted by molar-refractivity contribution is 0.102. The van der Waals surface area contributed by atoms with Gasteiger partial charge in [0, 0.05) is 41.1 Å². The lowest BCUT2D eigenvalue weighted by atomic mass is 10.1. The van der Waals surface area contributed by atoms with Crippen molar-refractivity contribution in [3.05, 3.63) is 84.7 Å². The van der Waals surface area contributed by atoms with Gasteiger partial charge in [-0.25, -0.2) is 8.42 Å². The van der Waals surface area contributed by atoms with Crippen LogP contribution in [0.25, 0.3) is 22.2 Å². The maximum atomic E-state index is 12.8. The molecule has 33 heavy (non-hydrogen) atoms. The third-order valence-corrected chi connectivity index (χ3v) is 7.56. The van der Waals surface area contributed by atoms with E-state index in [2.05, 4.69) is 15.3 Å². The van der Waals surface area contributed by atoms with Crippen molar-refractivity contribution in [2.24, 2.45) is 0 Å². The van der Waals surface area contributed by atoms with Gasteiger partial charge in [-0.2, -0.15) is 0 Å². The quantitative estimate of drug-likeness (QED) is 0.487. The SMILES string of the molecule is O=C(Nc1cccc(-c2nccc3ncccc23)c1)c1ccc(N2CCCCS2(=O)=O)cc1. The minimum Gasteiger partial charge on any atom is -0.322 e. The lowest BCUT2D eigenvalue weighted by Gasteiger charge is -2.28. The van der Waals surface area contributed by atoms with Crippen LogP contribution in [0.15, 0.2) is 79.1 Å². The number of carbonyl (C=O) groups excluding carboxylic acids is 1. The number of hydrogen-bond donors (Lipinski definition) is 1. The number of carbonyl (C=O) groups is 1. The van der Waals surface area contributed by atoms with Crippen molar-refractivity contribution in [2.75, 3.05) is 21.9 Å². The van der Waals surface area contributed by atoms with Crippen LogP contribution in [-0.2, 0) is 10.0 Å². The van der Waals surface area contributed by atoms with E-state index in [1.807, 2.05) is 42.5 Å². The molecular weight excluding hydrogens is 436 g/mol. The molecule has 2 aromatic heterocycles. The number of rotatable bonds is 4. The van der Waals surface area contributed by atoms with Gasteiger partial charge >= 0.3 is 0 Å². The largest absolute Gasteiger partial charge is 0.322 e. The number of amides is 1. The Morgan fingerprint density at radius 3 is 2.58 bits per heavy atom. The van der Waals surface area contributed by atoms with Crippen LogP contribution in [0.1, 0.15) is 23.2 Å². The van der Waals surface area contributed by atoms with Gasteiger partial charge in [0.15, 0.2) is 0 Å². The van der Waals surface area contributed by atoms with Crippen LogP contribution in [0.2, 0.25) is 0 Å². The Hall–Kier alpha value is -3.78. The fourth-order valence-electron chi connectivity index (χ4n) is 4.04. The van der Waals surface area contributed by atoms with Gasteiger partial charge in [-0.15, -0.1) is 0 Å². The van der Waals surface area contributed by atoms with E-state index in [-0.39, 0.29) is 11.7 Å². The van der Waals surface area contributed by atoms with E-state index in [9.17, 15) is 13.2 Å². The van der Waals surface area contributed by atoms with Crippen LogP contribution in [0.4, 0.5) is 11.4 Å². The first-order chi connectivity index (χ1) is 16.0. The zero-order valence-electron chi connectivity index (χ0n) is 17.8. The molecule has 166 valence electrons. The van der Waals surface area contributed by atoms with Gasteiger partial charge in [0.2, 0.25) is 10.0 Å². The van der Waals surface area contributed by atoms with E-state index in [1.165, 1.54) is 4.31 Å². The molecule has 0 aliphatic carbocycles. The standard InChI is InChI=1S/C25H22N4O3S/c30-25(18-8-10-21(11-9-18)29-15-1-2-16-33(29,31)32)28-20-6-3-5-19(17-20)24-22-7-4-13-26-23(22)12-14-27-24/h3-14,17H,1-2,15-16H2,(H,28,30). The Bertz CT molecular complexity index is 1430. The van der Waals surface area contributed by atoms with E-state index in [1.54, 1.807) is 36.7 Å². The molecule has 0 radical (unpaired) electrons. The molecule has 1 aliphatic rings.